The summed E-state index contributed by atoms with van der Waals surface area (Å²) in [5.74, 6) is 0.564. The van der Waals surface area contributed by atoms with Crippen LogP contribution in [0.15, 0.2) is 60.9 Å². The van der Waals surface area contributed by atoms with Gasteiger partial charge in [-0.3, -0.25) is 0 Å². The van der Waals surface area contributed by atoms with E-state index in [1.54, 1.807) is 18.3 Å². The van der Waals surface area contributed by atoms with Crippen LogP contribution in [0.3, 0.4) is 0 Å². The predicted octanol–water partition coefficient (Wildman–Crippen LogP) is 6.85. The highest BCUT2D eigenvalue weighted by atomic mass is 19.4. The van der Waals surface area contributed by atoms with Crippen LogP contribution in [0.25, 0.3) is 27.9 Å². The predicted molar refractivity (Wildman–Crippen MR) is 130 cm³/mol. The van der Waals surface area contributed by atoms with E-state index in [0.717, 1.165) is 48.5 Å². The zero-order valence-corrected chi connectivity index (χ0v) is 20.2. The number of likely N-dealkylation sites (N-methyl/N-ethyl adjacent to an activating group) is 1. The number of rotatable bonds is 8. The Kier molecular flexibility index (Phi) is 7.44. The van der Waals surface area contributed by atoms with Crippen LogP contribution in [0.1, 0.15) is 25.0 Å². The molecule has 0 saturated heterocycles. The van der Waals surface area contributed by atoms with Crippen molar-refractivity contribution in [2.24, 2.45) is 0 Å². The molecule has 4 rings (SSSR count). The first-order valence-electron chi connectivity index (χ1n) is 11.7. The van der Waals surface area contributed by atoms with Crippen LogP contribution >= 0.6 is 0 Å². The van der Waals surface area contributed by atoms with Gasteiger partial charge in [0.05, 0.1) is 16.6 Å². The molecular weight excluding hydrogens is 496 g/mol. The molecule has 196 valence electrons. The molecule has 0 bridgehead atoms. The van der Waals surface area contributed by atoms with E-state index >= 15 is 0 Å². The SMILES string of the molecule is CCN(CC)CCNc1cc(-c2c(-c3ccc(C(F)(F)F)cc3)nn3cc(C(F)(F)F)ccc23)ccn1. The summed E-state index contributed by atoms with van der Waals surface area (Å²) in [5, 5.41) is 7.60. The molecule has 0 atom stereocenters. The van der Waals surface area contributed by atoms with E-state index < -0.39 is 23.5 Å². The van der Waals surface area contributed by atoms with Crippen LogP contribution in [-0.2, 0) is 12.4 Å². The molecule has 0 aliphatic rings. The molecule has 5 nitrogen and oxygen atoms in total. The molecule has 3 heterocycles. The van der Waals surface area contributed by atoms with Crippen molar-refractivity contribution in [3.05, 3.63) is 72.1 Å². The van der Waals surface area contributed by atoms with E-state index in [1.807, 2.05) is 0 Å². The van der Waals surface area contributed by atoms with Crippen LogP contribution in [0.5, 0.6) is 0 Å². The van der Waals surface area contributed by atoms with Gasteiger partial charge in [-0.1, -0.05) is 26.0 Å². The minimum atomic E-state index is -4.58. The average Bonchev–Trinajstić information content (AvgIpc) is 3.25. The first kappa shape index (κ1) is 26.5. The van der Waals surface area contributed by atoms with Crippen molar-refractivity contribution in [3.63, 3.8) is 0 Å². The summed E-state index contributed by atoms with van der Waals surface area (Å²) in [6.07, 6.45) is -6.65. The number of hydrogen-bond donors (Lipinski definition) is 1. The van der Waals surface area contributed by atoms with E-state index in [0.29, 0.717) is 34.6 Å². The standard InChI is InChI=1S/C26H25F6N5/c1-3-36(4-2)14-13-34-22-15-18(11-12-33-22)23-21-10-9-20(26(30,31)32)16-37(21)35-24(23)17-5-7-19(8-6-17)25(27,28)29/h5-12,15-16H,3-4,13-14H2,1-2H3,(H,33,34). The van der Waals surface area contributed by atoms with Gasteiger partial charge in [0.1, 0.15) is 11.5 Å². The van der Waals surface area contributed by atoms with Gasteiger partial charge >= 0.3 is 12.4 Å². The molecule has 1 aromatic carbocycles. The monoisotopic (exact) mass is 521 g/mol. The van der Waals surface area contributed by atoms with Crippen molar-refractivity contribution in [1.82, 2.24) is 19.5 Å². The topological polar surface area (TPSA) is 45.5 Å². The summed E-state index contributed by atoms with van der Waals surface area (Å²) in [5.41, 5.74) is 0.364. The molecule has 4 aromatic rings. The molecule has 11 heteroatoms. The Hall–Kier alpha value is -3.60. The molecule has 0 aliphatic carbocycles. The van der Waals surface area contributed by atoms with Crippen LogP contribution < -0.4 is 5.32 Å². The van der Waals surface area contributed by atoms with Gasteiger partial charge < -0.3 is 10.2 Å². The van der Waals surface area contributed by atoms with E-state index in [2.05, 4.69) is 34.1 Å². The molecule has 37 heavy (non-hydrogen) atoms. The number of benzene rings is 1. The minimum absolute atomic E-state index is 0.258. The molecule has 0 radical (unpaired) electrons. The number of halogens is 6. The highest BCUT2D eigenvalue weighted by molar-refractivity contribution is 5.92. The lowest BCUT2D eigenvalue weighted by atomic mass is 9.99. The summed E-state index contributed by atoms with van der Waals surface area (Å²) < 4.78 is 80.4. The first-order valence-corrected chi connectivity index (χ1v) is 11.7. The van der Waals surface area contributed by atoms with E-state index in [1.165, 1.54) is 18.2 Å². The molecule has 0 unspecified atom stereocenters. The second kappa shape index (κ2) is 10.4. The smallest absolute Gasteiger partial charge is 0.369 e. The van der Waals surface area contributed by atoms with Gasteiger partial charge in [-0.2, -0.15) is 31.4 Å². The molecule has 0 spiro atoms. The fourth-order valence-corrected chi connectivity index (χ4v) is 4.09. The third kappa shape index (κ3) is 5.87. The number of pyridine rings is 2. The van der Waals surface area contributed by atoms with Crippen molar-refractivity contribution >= 4 is 11.3 Å². The summed E-state index contributed by atoms with van der Waals surface area (Å²) in [7, 11) is 0. The zero-order valence-electron chi connectivity index (χ0n) is 20.2. The lowest BCUT2D eigenvalue weighted by Crippen LogP contribution is -2.28. The maximum Gasteiger partial charge on any atom is 0.417 e. The molecular formula is C26H25F6N5. The van der Waals surface area contributed by atoms with E-state index in [9.17, 15) is 26.3 Å². The molecule has 3 aromatic heterocycles. The Labute approximate surface area is 209 Å². The molecule has 0 aliphatic heterocycles. The highest BCUT2D eigenvalue weighted by Gasteiger charge is 2.32. The number of fused-ring (bicyclic) bond motifs is 1. The van der Waals surface area contributed by atoms with Gasteiger partial charge in [0.2, 0.25) is 0 Å². The van der Waals surface area contributed by atoms with Gasteiger partial charge in [0.25, 0.3) is 0 Å². The van der Waals surface area contributed by atoms with E-state index in [-0.39, 0.29) is 5.69 Å². The largest absolute Gasteiger partial charge is 0.417 e. The third-order valence-corrected chi connectivity index (χ3v) is 6.12. The number of alkyl halides is 6. The van der Waals surface area contributed by atoms with Crippen molar-refractivity contribution in [1.29, 1.82) is 0 Å². The molecule has 0 saturated carbocycles. The Balaban J connectivity index is 1.79. The fraction of sp³-hybridized carbons (Fsp3) is 0.308. The van der Waals surface area contributed by atoms with Crippen LogP contribution in [0.4, 0.5) is 32.2 Å². The Morgan fingerprint density at radius 3 is 2.11 bits per heavy atom. The minimum Gasteiger partial charge on any atom is -0.369 e. The van der Waals surface area contributed by atoms with Crippen LogP contribution in [-0.4, -0.2) is 45.7 Å². The van der Waals surface area contributed by atoms with Crippen molar-refractivity contribution in [2.75, 3.05) is 31.5 Å². The summed E-state index contributed by atoms with van der Waals surface area (Å²) in [4.78, 5) is 6.57. The maximum absolute atomic E-state index is 13.3. The number of nitrogens with one attached hydrogen (secondary N) is 1. The second-order valence-electron chi connectivity index (χ2n) is 8.43. The maximum atomic E-state index is 13.3. The summed E-state index contributed by atoms with van der Waals surface area (Å²) in [6.45, 7) is 7.39. The lowest BCUT2D eigenvalue weighted by molar-refractivity contribution is -0.138. The van der Waals surface area contributed by atoms with Crippen molar-refractivity contribution in [2.45, 2.75) is 26.2 Å². The molecule has 0 fully saturated rings. The fourth-order valence-electron chi connectivity index (χ4n) is 4.09. The van der Waals surface area contributed by atoms with Gasteiger partial charge in [0, 0.05) is 36.6 Å². The Bertz CT molecular complexity index is 1350. The van der Waals surface area contributed by atoms with Crippen LogP contribution in [0, 0.1) is 0 Å². The number of hydrogen-bond acceptors (Lipinski definition) is 4. The first-order chi connectivity index (χ1) is 17.5. The van der Waals surface area contributed by atoms with Gasteiger partial charge in [-0.15, -0.1) is 0 Å². The number of nitrogens with zero attached hydrogens (tertiary/aromatic N) is 4. The van der Waals surface area contributed by atoms with Crippen molar-refractivity contribution < 1.29 is 26.3 Å². The van der Waals surface area contributed by atoms with Crippen LogP contribution in [0.2, 0.25) is 0 Å². The second-order valence-corrected chi connectivity index (χ2v) is 8.43. The molecule has 0 amide bonds. The normalized spacial score (nSPS) is 12.5. The van der Waals surface area contributed by atoms with E-state index in [4.69, 9.17) is 0 Å². The average molecular weight is 522 g/mol. The quantitative estimate of drug-likeness (QED) is 0.258. The highest BCUT2D eigenvalue weighted by Crippen LogP contribution is 2.38. The number of anilines is 1. The Morgan fingerprint density at radius 2 is 1.49 bits per heavy atom. The van der Waals surface area contributed by atoms with Gasteiger partial charge in [-0.25, -0.2) is 9.50 Å². The molecule has 1 N–H and O–H groups in total. The summed E-state index contributed by atoms with van der Waals surface area (Å²) in [6, 6.07) is 10.1. The Morgan fingerprint density at radius 1 is 0.838 bits per heavy atom. The lowest BCUT2D eigenvalue weighted by Gasteiger charge is -2.18. The zero-order chi connectivity index (χ0) is 26.8. The van der Waals surface area contributed by atoms with Gasteiger partial charge in [0.15, 0.2) is 0 Å². The third-order valence-electron chi connectivity index (χ3n) is 6.12. The number of aromatic nitrogens is 3. The van der Waals surface area contributed by atoms with Gasteiger partial charge in [-0.05, 0) is 55.1 Å². The summed E-state index contributed by atoms with van der Waals surface area (Å²) >= 11 is 0. The van der Waals surface area contributed by atoms with Crippen molar-refractivity contribution in [3.8, 4) is 22.4 Å².